The summed E-state index contributed by atoms with van der Waals surface area (Å²) in [5, 5.41) is 30.4. The minimum Gasteiger partial charge on any atom is -0.458 e. The van der Waals surface area contributed by atoms with Crippen molar-refractivity contribution in [2.24, 2.45) is 28.6 Å². The predicted octanol–water partition coefficient (Wildman–Crippen LogP) is 5.04. The molecule has 0 aromatic rings. The second-order valence-electron chi connectivity index (χ2n) is 13.0. The number of hydrogen-bond donors (Lipinski definition) is 3. The lowest BCUT2D eigenvalue weighted by atomic mass is 9.60. The average Bonchev–Trinajstić information content (AvgIpc) is 3.32. The molecule has 0 unspecified atom stereocenters. The van der Waals surface area contributed by atoms with Crippen LogP contribution in [0.4, 0.5) is 0 Å². The average molecular weight is 529 g/mol. The van der Waals surface area contributed by atoms with Gasteiger partial charge in [-0.15, -0.1) is 0 Å². The van der Waals surface area contributed by atoms with Crippen LogP contribution < -0.4 is 0 Å². The number of aliphatic hydroxyl groups excluding tert-OH is 3. The Morgan fingerprint density at radius 1 is 1.18 bits per heavy atom. The maximum absolute atomic E-state index is 12.2. The smallest absolute Gasteiger partial charge is 0.334 e. The first-order valence-corrected chi connectivity index (χ1v) is 14.5. The van der Waals surface area contributed by atoms with Crippen LogP contribution in [-0.2, 0) is 14.3 Å². The SMILES string of the molecule is C=C1/C(=C\C=C2/CCC[C@]3(C)[C@@H]([C@H](C)C[C@H]4OC(=O)C(=C)C4(C)C)CC[C@@H]23)C[C@@H](O)[C@H](OCCCO)[C@@H]1O. The molecule has 1 heterocycles. The largest absolute Gasteiger partial charge is 0.458 e. The fourth-order valence-electron chi connectivity index (χ4n) is 7.80. The molecule has 8 atom stereocenters. The molecule has 1 saturated heterocycles. The molecule has 4 fully saturated rings. The van der Waals surface area contributed by atoms with Gasteiger partial charge in [0.15, 0.2) is 0 Å². The van der Waals surface area contributed by atoms with Gasteiger partial charge in [0.1, 0.15) is 18.3 Å². The topological polar surface area (TPSA) is 96.2 Å². The highest BCUT2D eigenvalue weighted by molar-refractivity contribution is 5.91. The van der Waals surface area contributed by atoms with Gasteiger partial charge in [0.2, 0.25) is 0 Å². The molecule has 4 rings (SSSR count). The van der Waals surface area contributed by atoms with Crippen LogP contribution in [0.15, 0.2) is 47.6 Å². The molecule has 6 heteroatoms. The summed E-state index contributed by atoms with van der Waals surface area (Å²) in [4.78, 5) is 12.2. The highest BCUT2D eigenvalue weighted by atomic mass is 16.6. The minimum absolute atomic E-state index is 0.0140. The molecule has 0 bridgehead atoms. The number of carbonyl (C=O) groups is 1. The van der Waals surface area contributed by atoms with Gasteiger partial charge in [-0.1, -0.05) is 58.6 Å². The number of hydrogen-bond acceptors (Lipinski definition) is 6. The lowest BCUT2D eigenvalue weighted by molar-refractivity contribution is -0.140. The fourth-order valence-corrected chi connectivity index (χ4v) is 7.80. The van der Waals surface area contributed by atoms with Crippen LogP contribution in [0.5, 0.6) is 0 Å². The van der Waals surface area contributed by atoms with Gasteiger partial charge in [0.05, 0.1) is 6.10 Å². The molecule has 4 aliphatic rings. The van der Waals surface area contributed by atoms with Crippen LogP contribution in [0, 0.1) is 28.6 Å². The molecular formula is C32H48O6. The van der Waals surface area contributed by atoms with Crippen LogP contribution in [0.2, 0.25) is 0 Å². The third-order valence-electron chi connectivity index (χ3n) is 10.4. The second-order valence-corrected chi connectivity index (χ2v) is 13.0. The van der Waals surface area contributed by atoms with Gasteiger partial charge in [-0.3, -0.25) is 0 Å². The Kier molecular flexibility index (Phi) is 8.78. The highest BCUT2D eigenvalue weighted by Crippen LogP contribution is 2.60. The normalized spacial score (nSPS) is 40.0. The summed E-state index contributed by atoms with van der Waals surface area (Å²) in [5.41, 5.74) is 3.41. The number of allylic oxidation sites excluding steroid dienone is 3. The van der Waals surface area contributed by atoms with E-state index in [0.717, 1.165) is 31.3 Å². The lowest BCUT2D eigenvalue weighted by Crippen LogP contribution is -2.45. The third kappa shape index (κ3) is 5.34. The molecule has 3 aliphatic carbocycles. The third-order valence-corrected chi connectivity index (χ3v) is 10.4. The van der Waals surface area contributed by atoms with Crippen molar-refractivity contribution in [1.82, 2.24) is 0 Å². The van der Waals surface area contributed by atoms with E-state index in [1.807, 2.05) is 0 Å². The number of rotatable bonds is 8. The van der Waals surface area contributed by atoms with Crippen LogP contribution in [0.3, 0.4) is 0 Å². The van der Waals surface area contributed by atoms with E-state index in [1.165, 1.54) is 18.4 Å². The number of carbonyl (C=O) groups excluding carboxylic acids is 1. The van der Waals surface area contributed by atoms with Gasteiger partial charge in [-0.2, -0.15) is 0 Å². The first kappa shape index (κ1) is 29.3. The van der Waals surface area contributed by atoms with Gasteiger partial charge in [0, 0.05) is 30.6 Å². The Hall–Kier alpha value is -1.73. The van der Waals surface area contributed by atoms with Gasteiger partial charge >= 0.3 is 5.97 Å². The highest BCUT2D eigenvalue weighted by Gasteiger charge is 2.53. The molecule has 0 amide bonds. The van der Waals surface area contributed by atoms with Crippen LogP contribution in [0.1, 0.15) is 79.1 Å². The van der Waals surface area contributed by atoms with Crippen LogP contribution in [0.25, 0.3) is 0 Å². The maximum Gasteiger partial charge on any atom is 0.334 e. The molecule has 0 aromatic heterocycles. The summed E-state index contributed by atoms with van der Waals surface area (Å²) in [6.07, 6.45) is 9.19. The summed E-state index contributed by atoms with van der Waals surface area (Å²) in [7, 11) is 0. The van der Waals surface area contributed by atoms with Crippen molar-refractivity contribution in [3.05, 3.63) is 47.6 Å². The van der Waals surface area contributed by atoms with E-state index in [1.54, 1.807) is 0 Å². The van der Waals surface area contributed by atoms with E-state index in [9.17, 15) is 15.0 Å². The maximum atomic E-state index is 12.2. The molecule has 1 aliphatic heterocycles. The van der Waals surface area contributed by atoms with Crippen molar-refractivity contribution in [2.45, 2.75) is 103 Å². The van der Waals surface area contributed by atoms with Crippen LogP contribution >= 0.6 is 0 Å². The fraction of sp³-hybridized carbons (Fsp3) is 0.719. The van der Waals surface area contributed by atoms with Gasteiger partial charge in [0.25, 0.3) is 0 Å². The zero-order valence-corrected chi connectivity index (χ0v) is 23.7. The van der Waals surface area contributed by atoms with Gasteiger partial charge in [-0.05, 0) is 79.3 Å². The molecule has 38 heavy (non-hydrogen) atoms. The number of fused-ring (bicyclic) bond motifs is 1. The number of esters is 1. The molecule has 6 nitrogen and oxygen atoms in total. The quantitative estimate of drug-likeness (QED) is 0.232. The van der Waals surface area contributed by atoms with Gasteiger partial charge in [-0.25, -0.2) is 4.79 Å². The first-order valence-electron chi connectivity index (χ1n) is 14.5. The summed E-state index contributed by atoms with van der Waals surface area (Å²) < 4.78 is 11.4. The standard InChI is InChI=1S/C32H48O6/c1-19(17-27-31(4,5)21(3)30(36)38-27)24-12-13-25-22(9-7-14-32(24,25)6)10-11-23-18-26(34)29(28(35)20(23)2)37-16-8-15-33/h10-11,19,24-29,33-35H,2-3,7-9,12-18H2,1,4-6H3/b22-10+,23-11-/t19-,24-,25+,26-,27-,28-,29+,32-/m1/s1. The summed E-state index contributed by atoms with van der Waals surface area (Å²) in [6, 6.07) is 0. The zero-order valence-electron chi connectivity index (χ0n) is 23.7. The minimum atomic E-state index is -0.958. The Balaban J connectivity index is 1.45. The molecule has 3 saturated carbocycles. The van der Waals surface area contributed by atoms with Crippen molar-refractivity contribution < 1.29 is 29.6 Å². The van der Waals surface area contributed by atoms with E-state index in [4.69, 9.17) is 14.6 Å². The number of aliphatic hydroxyl groups is 3. The molecule has 212 valence electrons. The van der Waals surface area contributed by atoms with E-state index < -0.39 is 18.3 Å². The predicted molar refractivity (Wildman–Crippen MR) is 148 cm³/mol. The van der Waals surface area contributed by atoms with Crippen molar-refractivity contribution in [2.75, 3.05) is 13.2 Å². The number of cyclic esters (lactones) is 1. The van der Waals surface area contributed by atoms with E-state index in [2.05, 4.69) is 53.0 Å². The van der Waals surface area contributed by atoms with E-state index >= 15 is 0 Å². The van der Waals surface area contributed by atoms with Crippen molar-refractivity contribution in [3.8, 4) is 0 Å². The molecule has 0 aromatic carbocycles. The molecular weight excluding hydrogens is 480 g/mol. The van der Waals surface area contributed by atoms with Gasteiger partial charge < -0.3 is 24.8 Å². The Morgan fingerprint density at radius 3 is 2.58 bits per heavy atom. The Morgan fingerprint density at radius 2 is 1.92 bits per heavy atom. The van der Waals surface area contributed by atoms with Crippen LogP contribution in [-0.4, -0.2) is 58.9 Å². The number of ether oxygens (including phenoxy) is 2. The Labute approximate surface area is 228 Å². The summed E-state index contributed by atoms with van der Waals surface area (Å²) in [6.45, 7) is 17.3. The van der Waals surface area contributed by atoms with Crippen molar-refractivity contribution in [3.63, 3.8) is 0 Å². The summed E-state index contributed by atoms with van der Waals surface area (Å²) in [5.74, 6) is 1.27. The van der Waals surface area contributed by atoms with E-state index in [-0.39, 0.29) is 29.5 Å². The zero-order chi connectivity index (χ0) is 27.8. The molecule has 0 radical (unpaired) electrons. The van der Waals surface area contributed by atoms with Crippen molar-refractivity contribution in [1.29, 1.82) is 0 Å². The van der Waals surface area contributed by atoms with Crippen molar-refractivity contribution >= 4 is 5.97 Å². The first-order chi connectivity index (χ1) is 17.9. The molecule has 0 spiro atoms. The molecule has 3 N–H and O–H groups in total. The van der Waals surface area contributed by atoms with E-state index in [0.29, 0.717) is 48.3 Å². The Bertz CT molecular complexity index is 992. The monoisotopic (exact) mass is 528 g/mol. The second kappa shape index (κ2) is 11.4. The summed E-state index contributed by atoms with van der Waals surface area (Å²) >= 11 is 0. The lowest BCUT2D eigenvalue weighted by Gasteiger charge is -2.45.